The molecule has 0 aromatic heterocycles. The molecular weight excluding hydrogens is 296 g/mol. The molecule has 1 aromatic carbocycles. The van der Waals surface area contributed by atoms with Crippen LogP contribution in [-0.2, 0) is 9.59 Å². The van der Waals surface area contributed by atoms with Gasteiger partial charge in [0.05, 0.1) is 26.2 Å². The van der Waals surface area contributed by atoms with Crippen molar-refractivity contribution in [3.05, 3.63) is 35.9 Å². The predicted molar refractivity (Wildman–Crippen MR) is 87.0 cm³/mol. The smallest absolute Gasteiger partial charge is 0.140 e. The van der Waals surface area contributed by atoms with Crippen molar-refractivity contribution in [1.82, 2.24) is 0 Å². The average Bonchev–Trinajstić information content (AvgIpc) is 2.58. The molecule has 5 heteroatoms. The molecule has 0 aliphatic heterocycles. The Morgan fingerprint density at radius 1 is 0.957 bits per heavy atom. The molecule has 1 fully saturated rings. The lowest BCUT2D eigenvalue weighted by molar-refractivity contribution is -0.130. The Hall–Kier alpha value is -1.56. The number of aliphatic hydroxyl groups is 3. The Morgan fingerprint density at radius 2 is 1.43 bits per heavy atom. The lowest BCUT2D eigenvalue weighted by Gasteiger charge is -2.24. The molecule has 0 unspecified atom stereocenters. The fourth-order valence-electron chi connectivity index (χ4n) is 2.43. The third kappa shape index (κ3) is 5.86. The number of carbonyl (C=O) groups excluding carboxylic acids is 2. The summed E-state index contributed by atoms with van der Waals surface area (Å²) in [5.74, 6) is 0.273. The van der Waals surface area contributed by atoms with Crippen LogP contribution < -0.4 is 0 Å². The standard InChI is InChI=1S/C12H12O2.C6H14O3/c13-11-6-10(7-12(14)8-11)9-4-2-1-3-5-9;1-2-6(3-7,4-8)5-9/h1-5,10H,6-8H2;7-9H,2-5H2,1H3. The summed E-state index contributed by atoms with van der Waals surface area (Å²) in [5.41, 5.74) is 0.439. The van der Waals surface area contributed by atoms with Crippen LogP contribution in [0, 0.1) is 5.41 Å². The summed E-state index contributed by atoms with van der Waals surface area (Å²) in [7, 11) is 0. The summed E-state index contributed by atoms with van der Waals surface area (Å²) >= 11 is 0. The van der Waals surface area contributed by atoms with E-state index in [2.05, 4.69) is 0 Å². The summed E-state index contributed by atoms with van der Waals surface area (Å²) in [6, 6.07) is 9.79. The highest BCUT2D eigenvalue weighted by molar-refractivity contribution is 6.02. The van der Waals surface area contributed by atoms with Crippen LogP contribution in [0.2, 0.25) is 0 Å². The molecule has 0 radical (unpaired) electrons. The Kier molecular flexibility index (Phi) is 8.09. The summed E-state index contributed by atoms with van der Waals surface area (Å²) in [6.07, 6.45) is 1.78. The van der Waals surface area contributed by atoms with Crippen LogP contribution in [0.3, 0.4) is 0 Å². The minimum Gasteiger partial charge on any atom is -0.396 e. The SMILES string of the molecule is CCC(CO)(CO)CO.O=C1CC(=O)CC(c2ccccc2)C1. The van der Waals surface area contributed by atoms with E-state index in [0.29, 0.717) is 19.3 Å². The highest BCUT2D eigenvalue weighted by Crippen LogP contribution is 2.28. The van der Waals surface area contributed by atoms with Crippen LogP contribution in [0.5, 0.6) is 0 Å². The Bertz CT molecular complexity index is 460. The summed E-state index contributed by atoms with van der Waals surface area (Å²) < 4.78 is 0. The zero-order valence-corrected chi connectivity index (χ0v) is 13.6. The van der Waals surface area contributed by atoms with Crippen molar-refractivity contribution in [2.45, 2.75) is 38.5 Å². The predicted octanol–water partition coefficient (Wildman–Crippen LogP) is 1.45. The molecule has 128 valence electrons. The Labute approximate surface area is 137 Å². The highest BCUT2D eigenvalue weighted by atomic mass is 16.3. The molecule has 3 N–H and O–H groups in total. The van der Waals surface area contributed by atoms with E-state index in [1.807, 2.05) is 37.3 Å². The molecule has 0 spiro atoms. The number of Topliss-reactive ketones (excluding diaryl/α,β-unsaturated/α-hetero) is 2. The van der Waals surface area contributed by atoms with Crippen LogP contribution >= 0.6 is 0 Å². The summed E-state index contributed by atoms with van der Waals surface area (Å²) in [4.78, 5) is 22.5. The molecule has 23 heavy (non-hydrogen) atoms. The second-order valence-electron chi connectivity index (χ2n) is 6.10. The summed E-state index contributed by atoms with van der Waals surface area (Å²) in [5, 5.41) is 26.0. The zero-order chi connectivity index (χ0) is 17.3. The number of ketones is 2. The van der Waals surface area contributed by atoms with Gasteiger partial charge in [0.2, 0.25) is 0 Å². The van der Waals surface area contributed by atoms with Gasteiger partial charge in [-0.1, -0.05) is 37.3 Å². The van der Waals surface area contributed by atoms with Crippen molar-refractivity contribution < 1.29 is 24.9 Å². The van der Waals surface area contributed by atoms with Gasteiger partial charge in [-0.05, 0) is 17.9 Å². The highest BCUT2D eigenvalue weighted by Gasteiger charge is 2.26. The first-order valence-corrected chi connectivity index (χ1v) is 7.91. The maximum absolute atomic E-state index is 11.2. The van der Waals surface area contributed by atoms with Crippen molar-refractivity contribution in [3.8, 4) is 0 Å². The maximum atomic E-state index is 11.2. The third-order valence-corrected chi connectivity index (χ3v) is 4.37. The molecule has 0 saturated heterocycles. The van der Waals surface area contributed by atoms with Crippen molar-refractivity contribution in [3.63, 3.8) is 0 Å². The van der Waals surface area contributed by atoms with Gasteiger partial charge in [-0.3, -0.25) is 9.59 Å². The van der Waals surface area contributed by atoms with Gasteiger partial charge in [-0.25, -0.2) is 0 Å². The number of aliphatic hydroxyl groups excluding tert-OH is 3. The normalized spacial score (nSPS) is 16.0. The van der Waals surface area contributed by atoms with Gasteiger partial charge in [-0.15, -0.1) is 0 Å². The number of rotatable bonds is 5. The Balaban J connectivity index is 0.000000257. The fraction of sp³-hybridized carbons (Fsp3) is 0.556. The first-order valence-electron chi connectivity index (χ1n) is 7.91. The molecule has 0 heterocycles. The topological polar surface area (TPSA) is 94.8 Å². The van der Waals surface area contributed by atoms with Gasteiger partial charge < -0.3 is 15.3 Å². The molecule has 5 nitrogen and oxygen atoms in total. The van der Waals surface area contributed by atoms with E-state index in [1.165, 1.54) is 0 Å². The molecule has 0 amide bonds. The van der Waals surface area contributed by atoms with Gasteiger partial charge >= 0.3 is 0 Å². The van der Waals surface area contributed by atoms with E-state index in [1.54, 1.807) is 0 Å². The number of carbonyl (C=O) groups is 2. The van der Waals surface area contributed by atoms with Gasteiger partial charge in [0.15, 0.2) is 0 Å². The van der Waals surface area contributed by atoms with E-state index in [4.69, 9.17) is 15.3 Å². The van der Waals surface area contributed by atoms with Gasteiger partial charge in [0.1, 0.15) is 11.6 Å². The molecule has 0 atom stereocenters. The molecule has 1 aromatic rings. The van der Waals surface area contributed by atoms with Crippen LogP contribution in [-0.4, -0.2) is 46.7 Å². The van der Waals surface area contributed by atoms with E-state index < -0.39 is 5.41 Å². The second kappa shape index (κ2) is 9.55. The van der Waals surface area contributed by atoms with Gasteiger partial charge in [0, 0.05) is 18.3 Å². The van der Waals surface area contributed by atoms with Crippen LogP contribution in [0.25, 0.3) is 0 Å². The average molecular weight is 322 g/mol. The van der Waals surface area contributed by atoms with E-state index in [-0.39, 0.29) is 43.7 Å². The molecule has 2 rings (SSSR count). The monoisotopic (exact) mass is 322 g/mol. The van der Waals surface area contributed by atoms with Crippen LogP contribution in [0.4, 0.5) is 0 Å². The lowest BCUT2D eigenvalue weighted by atomic mass is 9.83. The van der Waals surface area contributed by atoms with Crippen molar-refractivity contribution in [1.29, 1.82) is 0 Å². The minimum atomic E-state index is -0.667. The molecule has 1 aliphatic carbocycles. The largest absolute Gasteiger partial charge is 0.396 e. The first-order chi connectivity index (χ1) is 11.0. The van der Waals surface area contributed by atoms with Crippen molar-refractivity contribution in [2.75, 3.05) is 19.8 Å². The minimum absolute atomic E-state index is 0.0788. The third-order valence-electron chi connectivity index (χ3n) is 4.37. The number of benzene rings is 1. The molecule has 0 bridgehead atoms. The quantitative estimate of drug-likeness (QED) is 0.713. The molecule has 1 aliphatic rings. The van der Waals surface area contributed by atoms with E-state index >= 15 is 0 Å². The van der Waals surface area contributed by atoms with E-state index in [0.717, 1.165) is 5.56 Å². The van der Waals surface area contributed by atoms with Gasteiger partial charge in [0.25, 0.3) is 0 Å². The first kappa shape index (κ1) is 19.5. The van der Waals surface area contributed by atoms with E-state index in [9.17, 15) is 9.59 Å². The van der Waals surface area contributed by atoms with Crippen molar-refractivity contribution in [2.24, 2.45) is 5.41 Å². The van der Waals surface area contributed by atoms with Crippen molar-refractivity contribution >= 4 is 11.6 Å². The summed E-state index contributed by atoms with van der Waals surface area (Å²) in [6.45, 7) is 1.35. The van der Waals surface area contributed by atoms with Gasteiger partial charge in [-0.2, -0.15) is 0 Å². The molecule has 1 saturated carbocycles. The molecular formula is C18H26O5. The van der Waals surface area contributed by atoms with Crippen LogP contribution in [0.1, 0.15) is 44.1 Å². The lowest BCUT2D eigenvalue weighted by Crippen LogP contribution is -2.32. The second-order valence-corrected chi connectivity index (χ2v) is 6.10. The Morgan fingerprint density at radius 3 is 1.78 bits per heavy atom. The maximum Gasteiger partial charge on any atom is 0.140 e. The number of hydrogen-bond acceptors (Lipinski definition) is 5. The zero-order valence-electron chi connectivity index (χ0n) is 13.6. The number of hydrogen-bond donors (Lipinski definition) is 3. The fourth-order valence-corrected chi connectivity index (χ4v) is 2.43. The van der Waals surface area contributed by atoms with Crippen LogP contribution in [0.15, 0.2) is 30.3 Å².